The highest BCUT2D eigenvalue weighted by Crippen LogP contribution is 2.19. The summed E-state index contributed by atoms with van der Waals surface area (Å²) in [5.41, 5.74) is 1.95. The van der Waals surface area contributed by atoms with Gasteiger partial charge in [0.2, 0.25) is 11.8 Å². The molecule has 5 nitrogen and oxygen atoms in total. The van der Waals surface area contributed by atoms with Crippen LogP contribution >= 0.6 is 11.6 Å². The molecule has 0 bridgehead atoms. The van der Waals surface area contributed by atoms with Crippen molar-refractivity contribution in [2.24, 2.45) is 5.92 Å². The summed E-state index contributed by atoms with van der Waals surface area (Å²) in [4.78, 5) is 28.2. The molecule has 2 atom stereocenters. The molecule has 3 rings (SSSR count). The Morgan fingerprint density at radius 1 is 1.10 bits per heavy atom. The van der Waals surface area contributed by atoms with Gasteiger partial charge in [0.15, 0.2) is 0 Å². The van der Waals surface area contributed by atoms with Crippen LogP contribution < -0.4 is 5.32 Å². The topological polar surface area (TPSA) is 58.6 Å². The van der Waals surface area contributed by atoms with Gasteiger partial charge in [-0.2, -0.15) is 0 Å². The predicted octanol–water partition coefficient (Wildman–Crippen LogP) is 4.23. The predicted molar refractivity (Wildman–Crippen MR) is 123 cm³/mol. The number of halogens is 1. The molecular weight excluding hydrogens is 412 g/mol. The second-order valence-corrected chi connectivity index (χ2v) is 8.77. The minimum absolute atomic E-state index is 0.0480. The van der Waals surface area contributed by atoms with E-state index >= 15 is 0 Å². The number of hydrogen-bond acceptors (Lipinski definition) is 3. The summed E-state index contributed by atoms with van der Waals surface area (Å²) < 4.78 is 5.65. The van der Waals surface area contributed by atoms with Crippen molar-refractivity contribution in [3.63, 3.8) is 0 Å². The molecule has 1 N–H and O–H groups in total. The van der Waals surface area contributed by atoms with Gasteiger partial charge >= 0.3 is 0 Å². The summed E-state index contributed by atoms with van der Waals surface area (Å²) in [5, 5.41) is 3.67. The maximum absolute atomic E-state index is 13.3. The molecule has 0 radical (unpaired) electrons. The van der Waals surface area contributed by atoms with E-state index in [-0.39, 0.29) is 23.8 Å². The van der Waals surface area contributed by atoms with E-state index in [4.69, 9.17) is 16.3 Å². The normalized spacial score (nSPS) is 16.8. The first-order valence-electron chi connectivity index (χ1n) is 10.9. The Labute approximate surface area is 189 Å². The van der Waals surface area contributed by atoms with Gasteiger partial charge in [0.25, 0.3) is 0 Å². The van der Waals surface area contributed by atoms with Crippen molar-refractivity contribution in [3.8, 4) is 0 Å². The maximum Gasteiger partial charge on any atom is 0.243 e. The average Bonchev–Trinajstić information content (AvgIpc) is 3.29. The Kier molecular flexibility index (Phi) is 8.50. The van der Waals surface area contributed by atoms with Gasteiger partial charge < -0.3 is 15.0 Å². The third-order valence-electron chi connectivity index (χ3n) is 5.52. The molecule has 0 unspecified atom stereocenters. The molecule has 2 aromatic carbocycles. The molecule has 166 valence electrons. The highest BCUT2D eigenvalue weighted by Gasteiger charge is 2.32. The van der Waals surface area contributed by atoms with Crippen molar-refractivity contribution >= 4 is 23.4 Å². The number of nitrogens with zero attached hydrogens (tertiary/aromatic N) is 1. The van der Waals surface area contributed by atoms with E-state index in [0.717, 1.165) is 30.6 Å². The van der Waals surface area contributed by atoms with Crippen LogP contribution in [0.25, 0.3) is 0 Å². The Balaban J connectivity index is 1.85. The highest BCUT2D eigenvalue weighted by atomic mass is 35.5. The van der Waals surface area contributed by atoms with Gasteiger partial charge in [-0.3, -0.25) is 9.59 Å². The smallest absolute Gasteiger partial charge is 0.243 e. The first kappa shape index (κ1) is 23.3. The molecule has 0 aromatic heterocycles. The number of ether oxygens (including phenoxy) is 1. The van der Waals surface area contributed by atoms with Crippen molar-refractivity contribution in [1.29, 1.82) is 0 Å². The minimum Gasteiger partial charge on any atom is -0.376 e. The highest BCUT2D eigenvalue weighted by molar-refractivity contribution is 6.30. The lowest BCUT2D eigenvalue weighted by molar-refractivity contribution is -0.143. The van der Waals surface area contributed by atoms with Crippen molar-refractivity contribution in [1.82, 2.24) is 10.2 Å². The zero-order valence-corrected chi connectivity index (χ0v) is 19.0. The molecule has 1 fully saturated rings. The molecule has 0 aliphatic carbocycles. The van der Waals surface area contributed by atoms with E-state index < -0.39 is 6.04 Å². The standard InChI is InChI=1S/C25H31ClN2O3/c1-18(2)25(30)28(17-20-10-12-21(26)13-11-20)23(15-19-7-4-3-5-8-19)24(29)27-16-22-9-6-14-31-22/h3-5,7-8,10-13,18,22-23H,6,9,14-17H2,1-2H3,(H,27,29)/t22-,23-/m1/s1. The fourth-order valence-electron chi connectivity index (χ4n) is 3.78. The van der Waals surface area contributed by atoms with Gasteiger partial charge in [0.05, 0.1) is 6.10 Å². The van der Waals surface area contributed by atoms with E-state index in [2.05, 4.69) is 5.32 Å². The molecule has 0 saturated carbocycles. The Bertz CT molecular complexity index is 849. The van der Waals surface area contributed by atoms with Crippen LogP contribution in [0.5, 0.6) is 0 Å². The summed E-state index contributed by atoms with van der Waals surface area (Å²) in [5.74, 6) is -0.429. The lowest BCUT2D eigenvalue weighted by Gasteiger charge is -2.33. The summed E-state index contributed by atoms with van der Waals surface area (Å²) in [6.45, 7) is 5.28. The van der Waals surface area contributed by atoms with Gasteiger partial charge in [0.1, 0.15) is 6.04 Å². The third kappa shape index (κ3) is 6.81. The molecule has 31 heavy (non-hydrogen) atoms. The van der Waals surface area contributed by atoms with Crippen LogP contribution in [0.3, 0.4) is 0 Å². The molecule has 1 heterocycles. The van der Waals surface area contributed by atoms with Crippen molar-refractivity contribution in [2.75, 3.05) is 13.2 Å². The summed E-state index contributed by atoms with van der Waals surface area (Å²) >= 11 is 6.03. The molecule has 6 heteroatoms. The van der Waals surface area contributed by atoms with E-state index in [0.29, 0.717) is 24.5 Å². The lowest BCUT2D eigenvalue weighted by atomic mass is 10.0. The van der Waals surface area contributed by atoms with E-state index in [1.165, 1.54) is 0 Å². The van der Waals surface area contributed by atoms with Crippen LogP contribution in [0.4, 0.5) is 0 Å². The second-order valence-electron chi connectivity index (χ2n) is 8.33. The number of rotatable bonds is 9. The lowest BCUT2D eigenvalue weighted by Crippen LogP contribution is -2.52. The van der Waals surface area contributed by atoms with Crippen LogP contribution in [0.15, 0.2) is 54.6 Å². The number of carbonyl (C=O) groups is 2. The Morgan fingerprint density at radius 2 is 1.81 bits per heavy atom. The molecule has 1 saturated heterocycles. The minimum atomic E-state index is -0.616. The van der Waals surface area contributed by atoms with Gasteiger partial charge in [-0.15, -0.1) is 0 Å². The number of hydrogen-bond donors (Lipinski definition) is 1. The Hall–Kier alpha value is -2.37. The van der Waals surface area contributed by atoms with Gasteiger partial charge in [0, 0.05) is 37.1 Å². The van der Waals surface area contributed by atoms with Crippen LogP contribution in [-0.2, 0) is 27.3 Å². The maximum atomic E-state index is 13.3. The molecule has 2 amide bonds. The summed E-state index contributed by atoms with van der Waals surface area (Å²) in [6.07, 6.45) is 2.46. The zero-order valence-electron chi connectivity index (χ0n) is 18.2. The fourth-order valence-corrected chi connectivity index (χ4v) is 3.91. The fraction of sp³-hybridized carbons (Fsp3) is 0.440. The average molecular weight is 443 g/mol. The SMILES string of the molecule is CC(C)C(=O)N(Cc1ccc(Cl)cc1)[C@H](Cc1ccccc1)C(=O)NC[C@H]1CCCO1. The first-order chi connectivity index (χ1) is 14.9. The van der Waals surface area contributed by atoms with Crippen LogP contribution in [0.2, 0.25) is 5.02 Å². The molecular formula is C25H31ClN2O3. The van der Waals surface area contributed by atoms with Crippen molar-refractivity contribution in [2.45, 2.75) is 51.8 Å². The Morgan fingerprint density at radius 3 is 2.42 bits per heavy atom. The zero-order chi connectivity index (χ0) is 22.2. The molecule has 1 aliphatic heterocycles. The van der Waals surface area contributed by atoms with Gasteiger partial charge in [-0.1, -0.05) is 67.9 Å². The number of benzene rings is 2. The number of nitrogens with one attached hydrogen (secondary N) is 1. The second kappa shape index (κ2) is 11.3. The third-order valence-corrected chi connectivity index (χ3v) is 5.77. The van der Waals surface area contributed by atoms with Crippen LogP contribution in [0, 0.1) is 5.92 Å². The summed E-state index contributed by atoms with van der Waals surface area (Å²) in [7, 11) is 0. The molecule has 0 spiro atoms. The van der Waals surface area contributed by atoms with Gasteiger partial charge in [-0.25, -0.2) is 0 Å². The van der Waals surface area contributed by atoms with E-state index in [1.54, 1.807) is 17.0 Å². The first-order valence-corrected chi connectivity index (χ1v) is 11.3. The number of amides is 2. The van der Waals surface area contributed by atoms with Crippen LogP contribution in [-0.4, -0.2) is 42.0 Å². The van der Waals surface area contributed by atoms with E-state index in [9.17, 15) is 9.59 Å². The quantitative estimate of drug-likeness (QED) is 0.632. The van der Waals surface area contributed by atoms with Crippen molar-refractivity contribution in [3.05, 3.63) is 70.7 Å². The number of carbonyl (C=O) groups excluding carboxylic acids is 2. The molecule has 2 aromatic rings. The van der Waals surface area contributed by atoms with Gasteiger partial charge in [-0.05, 0) is 36.1 Å². The largest absolute Gasteiger partial charge is 0.376 e. The molecule has 1 aliphatic rings. The van der Waals surface area contributed by atoms with E-state index in [1.807, 2.05) is 56.3 Å². The van der Waals surface area contributed by atoms with Crippen LogP contribution in [0.1, 0.15) is 37.8 Å². The summed E-state index contributed by atoms with van der Waals surface area (Å²) in [6, 6.07) is 16.6. The van der Waals surface area contributed by atoms with Crippen molar-refractivity contribution < 1.29 is 14.3 Å². The monoisotopic (exact) mass is 442 g/mol.